The van der Waals surface area contributed by atoms with E-state index in [0.717, 1.165) is 38.8 Å². The van der Waals surface area contributed by atoms with Crippen molar-refractivity contribution in [2.45, 2.75) is 62.8 Å². The van der Waals surface area contributed by atoms with Gasteiger partial charge in [-0.2, -0.15) is 0 Å². The van der Waals surface area contributed by atoms with Crippen molar-refractivity contribution in [3.8, 4) is 0 Å². The number of fused-ring (bicyclic) bond motifs is 1. The number of hydrogen-bond donors (Lipinski definition) is 1. The first-order valence-electron chi connectivity index (χ1n) is 12.7. The van der Waals surface area contributed by atoms with Gasteiger partial charge in [0, 0.05) is 15.7 Å². The predicted octanol–water partition coefficient (Wildman–Crippen LogP) is 6.29. The molecule has 6 nitrogen and oxygen atoms in total. The van der Waals surface area contributed by atoms with Crippen LogP contribution < -0.4 is 5.32 Å². The number of carbonyl (C=O) groups excluding carboxylic acids is 2. The van der Waals surface area contributed by atoms with Gasteiger partial charge in [-0.1, -0.05) is 23.9 Å². The minimum Gasteiger partial charge on any atom is -0.465 e. The molecular weight excluding hydrogens is 490 g/mol. The number of nitrogens with zero attached hydrogens (tertiary/aromatic N) is 2. The van der Waals surface area contributed by atoms with Crippen LogP contribution in [-0.2, 0) is 14.9 Å². The molecule has 0 unspecified atom stereocenters. The van der Waals surface area contributed by atoms with Gasteiger partial charge in [-0.05, 0) is 87.8 Å². The van der Waals surface area contributed by atoms with Gasteiger partial charge in [-0.15, -0.1) is 11.3 Å². The van der Waals surface area contributed by atoms with E-state index in [1.807, 2.05) is 0 Å². The number of para-hydroxylation sites is 1. The van der Waals surface area contributed by atoms with Gasteiger partial charge in [-0.25, -0.2) is 14.8 Å². The number of thioether (sulfide) groups is 1. The Balaban J connectivity index is 1.29. The van der Waals surface area contributed by atoms with E-state index in [0.29, 0.717) is 11.3 Å². The Morgan fingerprint density at radius 1 is 1.08 bits per heavy atom. The maximum absolute atomic E-state index is 13.0. The summed E-state index contributed by atoms with van der Waals surface area (Å²) in [6, 6.07) is 6.91. The van der Waals surface area contributed by atoms with Crippen LogP contribution in [0.1, 0.15) is 65.1 Å². The number of aromatic nitrogens is 2. The van der Waals surface area contributed by atoms with E-state index in [-0.39, 0.29) is 17.1 Å². The standard InChI is InChI=1S/C28H31N3O3S2/c1-15-16(2)36-25-23(15)24(35-14-22(32)29-21-7-5-4-6-20(21)26(33)34-3)30-27(31-25)28-11-17-8-18(12-28)10-19(9-17)13-28/h4-7,17-19H,8-14H2,1-3H3,(H,29,32). The van der Waals surface area contributed by atoms with E-state index in [1.165, 1.54) is 67.8 Å². The highest BCUT2D eigenvalue weighted by Gasteiger charge is 2.53. The largest absolute Gasteiger partial charge is 0.465 e. The van der Waals surface area contributed by atoms with E-state index >= 15 is 0 Å². The maximum Gasteiger partial charge on any atom is 0.339 e. The molecule has 4 aliphatic carbocycles. The summed E-state index contributed by atoms with van der Waals surface area (Å²) in [4.78, 5) is 37.7. The first-order valence-corrected chi connectivity index (χ1v) is 14.5. The summed E-state index contributed by atoms with van der Waals surface area (Å²) in [5.74, 6) is 3.02. The van der Waals surface area contributed by atoms with Crippen molar-refractivity contribution >= 4 is 50.9 Å². The minimum atomic E-state index is -0.472. The fraction of sp³-hybridized carbons (Fsp3) is 0.500. The van der Waals surface area contributed by atoms with Crippen molar-refractivity contribution in [2.75, 3.05) is 18.2 Å². The second kappa shape index (κ2) is 9.14. The molecule has 4 bridgehead atoms. The number of esters is 1. The molecule has 0 aliphatic heterocycles. The molecule has 1 aromatic carbocycles. The van der Waals surface area contributed by atoms with E-state index in [2.05, 4.69) is 19.2 Å². The Kier molecular flexibility index (Phi) is 6.07. The van der Waals surface area contributed by atoms with Gasteiger partial charge in [0.15, 0.2) is 0 Å². The van der Waals surface area contributed by atoms with Crippen LogP contribution in [0.25, 0.3) is 10.2 Å². The molecule has 188 valence electrons. The lowest BCUT2D eigenvalue weighted by atomic mass is 9.49. The number of aryl methyl sites for hydroxylation is 2. The Morgan fingerprint density at radius 2 is 1.75 bits per heavy atom. The third kappa shape index (κ3) is 4.12. The molecule has 0 radical (unpaired) electrons. The zero-order chi connectivity index (χ0) is 25.0. The summed E-state index contributed by atoms with van der Waals surface area (Å²) >= 11 is 3.21. The average molecular weight is 522 g/mol. The average Bonchev–Trinajstić information content (AvgIpc) is 3.15. The van der Waals surface area contributed by atoms with Crippen LogP contribution in [0.15, 0.2) is 29.3 Å². The molecular formula is C28H31N3O3S2. The molecule has 3 aromatic rings. The zero-order valence-corrected chi connectivity index (χ0v) is 22.6. The molecule has 0 spiro atoms. The van der Waals surface area contributed by atoms with E-state index in [4.69, 9.17) is 14.7 Å². The molecule has 0 atom stereocenters. The Morgan fingerprint density at radius 3 is 2.42 bits per heavy atom. The molecule has 4 saturated carbocycles. The number of methoxy groups -OCH3 is 1. The summed E-state index contributed by atoms with van der Waals surface area (Å²) in [7, 11) is 1.34. The molecule has 7 rings (SSSR count). The first kappa shape index (κ1) is 23.9. The predicted molar refractivity (Wildman–Crippen MR) is 144 cm³/mol. The Bertz CT molecular complexity index is 1330. The highest BCUT2D eigenvalue weighted by molar-refractivity contribution is 8.00. The lowest BCUT2D eigenvalue weighted by molar-refractivity contribution is -0.113. The summed E-state index contributed by atoms with van der Waals surface area (Å²) in [6.45, 7) is 4.26. The third-order valence-electron chi connectivity index (χ3n) is 8.45. The summed E-state index contributed by atoms with van der Waals surface area (Å²) in [5, 5.41) is 4.87. The first-order chi connectivity index (χ1) is 17.3. The highest BCUT2D eigenvalue weighted by Crippen LogP contribution is 2.60. The molecule has 36 heavy (non-hydrogen) atoms. The van der Waals surface area contributed by atoms with Gasteiger partial charge in [0.05, 0.1) is 24.1 Å². The fourth-order valence-electron chi connectivity index (χ4n) is 7.14. The van der Waals surface area contributed by atoms with Gasteiger partial charge < -0.3 is 10.1 Å². The highest BCUT2D eigenvalue weighted by atomic mass is 32.2. The number of amides is 1. The van der Waals surface area contributed by atoms with Crippen LogP contribution in [0.2, 0.25) is 0 Å². The number of anilines is 1. The second-order valence-corrected chi connectivity index (χ2v) is 13.1. The van der Waals surface area contributed by atoms with Crippen molar-refractivity contribution in [3.05, 3.63) is 46.1 Å². The third-order valence-corrected chi connectivity index (χ3v) is 10.5. The Hall–Kier alpha value is -2.45. The minimum absolute atomic E-state index is 0.103. The summed E-state index contributed by atoms with van der Waals surface area (Å²) < 4.78 is 4.85. The van der Waals surface area contributed by atoms with Gasteiger partial charge in [-0.3, -0.25) is 4.79 Å². The van der Waals surface area contributed by atoms with E-state index < -0.39 is 5.97 Å². The maximum atomic E-state index is 13.0. The van der Waals surface area contributed by atoms with Crippen molar-refractivity contribution < 1.29 is 14.3 Å². The monoisotopic (exact) mass is 521 g/mol. The van der Waals surface area contributed by atoms with E-state index in [9.17, 15) is 9.59 Å². The molecule has 4 fully saturated rings. The van der Waals surface area contributed by atoms with Crippen molar-refractivity contribution in [2.24, 2.45) is 17.8 Å². The van der Waals surface area contributed by atoms with Crippen molar-refractivity contribution in [3.63, 3.8) is 0 Å². The second-order valence-electron chi connectivity index (χ2n) is 10.9. The lowest BCUT2D eigenvalue weighted by Crippen LogP contribution is -2.49. The number of carbonyl (C=O) groups is 2. The van der Waals surface area contributed by atoms with Crippen molar-refractivity contribution in [1.82, 2.24) is 9.97 Å². The van der Waals surface area contributed by atoms with Gasteiger partial charge in [0.2, 0.25) is 5.91 Å². The number of ether oxygens (including phenoxy) is 1. The van der Waals surface area contributed by atoms with Gasteiger partial charge >= 0.3 is 5.97 Å². The van der Waals surface area contributed by atoms with Crippen molar-refractivity contribution in [1.29, 1.82) is 0 Å². The van der Waals surface area contributed by atoms with Gasteiger partial charge in [0.1, 0.15) is 15.7 Å². The van der Waals surface area contributed by atoms with Crippen LogP contribution in [0.4, 0.5) is 5.69 Å². The Labute approximate surface area is 219 Å². The smallest absolute Gasteiger partial charge is 0.339 e. The van der Waals surface area contributed by atoms with Crippen LogP contribution in [0, 0.1) is 31.6 Å². The SMILES string of the molecule is COC(=O)c1ccccc1NC(=O)CSc1nc(C23CC4CC(CC(C4)C2)C3)nc2sc(C)c(C)c12. The lowest BCUT2D eigenvalue weighted by Gasteiger charge is -2.56. The van der Waals surface area contributed by atoms with Crippen LogP contribution in [0.5, 0.6) is 0 Å². The number of benzene rings is 1. The normalized spacial score (nSPS) is 26.4. The summed E-state index contributed by atoms with van der Waals surface area (Å²) in [5.41, 5.74) is 2.10. The number of hydrogen-bond acceptors (Lipinski definition) is 7. The number of nitrogens with one attached hydrogen (secondary N) is 1. The van der Waals surface area contributed by atoms with Gasteiger partial charge in [0.25, 0.3) is 0 Å². The fourth-order valence-corrected chi connectivity index (χ4v) is 9.12. The summed E-state index contributed by atoms with van der Waals surface area (Å²) in [6.07, 6.45) is 7.78. The molecule has 4 aliphatic rings. The number of thiophene rings is 1. The van der Waals surface area contributed by atoms with Crippen LogP contribution in [-0.4, -0.2) is 34.7 Å². The molecule has 1 N–H and O–H groups in total. The molecule has 1 amide bonds. The topological polar surface area (TPSA) is 81.2 Å². The quantitative estimate of drug-likeness (QED) is 0.233. The molecule has 8 heteroatoms. The molecule has 2 aromatic heterocycles. The van der Waals surface area contributed by atoms with Crippen LogP contribution in [0.3, 0.4) is 0 Å². The molecule has 0 saturated heterocycles. The zero-order valence-electron chi connectivity index (χ0n) is 20.9. The van der Waals surface area contributed by atoms with E-state index in [1.54, 1.807) is 35.6 Å². The molecule has 2 heterocycles. The number of rotatable bonds is 6. The van der Waals surface area contributed by atoms with Crippen LogP contribution >= 0.6 is 23.1 Å².